The van der Waals surface area contributed by atoms with E-state index in [2.05, 4.69) is 17.1 Å². The van der Waals surface area contributed by atoms with E-state index >= 15 is 0 Å². The molecular formula is C20H29N3O3. The summed E-state index contributed by atoms with van der Waals surface area (Å²) in [5.41, 5.74) is 1.03. The lowest BCUT2D eigenvalue weighted by Gasteiger charge is -2.36. The Hall–Kier alpha value is -2.24. The van der Waals surface area contributed by atoms with Crippen molar-refractivity contribution in [2.75, 3.05) is 38.2 Å². The minimum absolute atomic E-state index is 0.134. The maximum atomic E-state index is 12.5. The van der Waals surface area contributed by atoms with E-state index in [0.717, 1.165) is 30.7 Å². The molecule has 142 valence electrons. The number of benzene rings is 1. The van der Waals surface area contributed by atoms with Crippen LogP contribution in [0.4, 0.5) is 5.69 Å². The first-order valence-corrected chi connectivity index (χ1v) is 9.58. The van der Waals surface area contributed by atoms with Crippen molar-refractivity contribution in [1.29, 1.82) is 0 Å². The second-order valence-corrected chi connectivity index (χ2v) is 7.29. The van der Waals surface area contributed by atoms with Crippen LogP contribution in [0.1, 0.15) is 32.6 Å². The van der Waals surface area contributed by atoms with Gasteiger partial charge in [-0.25, -0.2) is 0 Å². The average Bonchev–Trinajstić information content (AvgIpc) is 2.69. The van der Waals surface area contributed by atoms with Crippen molar-refractivity contribution < 1.29 is 14.3 Å². The number of amides is 2. The Morgan fingerprint density at radius 1 is 1.08 bits per heavy atom. The van der Waals surface area contributed by atoms with Gasteiger partial charge in [-0.2, -0.15) is 0 Å². The number of nitrogens with one attached hydrogen (secondary N) is 1. The van der Waals surface area contributed by atoms with Crippen LogP contribution < -0.4 is 15.0 Å². The molecule has 2 amide bonds. The van der Waals surface area contributed by atoms with Gasteiger partial charge >= 0.3 is 11.8 Å². The number of piperazine rings is 1. The highest BCUT2D eigenvalue weighted by molar-refractivity contribution is 6.35. The highest BCUT2D eigenvalue weighted by Gasteiger charge is 2.30. The lowest BCUT2D eigenvalue weighted by Crippen LogP contribution is -2.54. The minimum Gasteiger partial charge on any atom is -0.495 e. The molecule has 1 heterocycles. The van der Waals surface area contributed by atoms with Gasteiger partial charge in [0.2, 0.25) is 0 Å². The minimum atomic E-state index is -0.450. The van der Waals surface area contributed by atoms with Gasteiger partial charge in [-0.1, -0.05) is 31.9 Å². The van der Waals surface area contributed by atoms with Crippen LogP contribution in [-0.4, -0.2) is 56.0 Å². The maximum Gasteiger partial charge on any atom is 0.312 e. The van der Waals surface area contributed by atoms with Crippen LogP contribution in [0.25, 0.3) is 0 Å². The first-order valence-electron chi connectivity index (χ1n) is 9.58. The van der Waals surface area contributed by atoms with Crippen LogP contribution >= 0.6 is 0 Å². The fourth-order valence-electron chi connectivity index (χ4n) is 3.95. The summed E-state index contributed by atoms with van der Waals surface area (Å²) in [6.45, 7) is 4.63. The van der Waals surface area contributed by atoms with Gasteiger partial charge in [-0.3, -0.25) is 9.59 Å². The van der Waals surface area contributed by atoms with Crippen LogP contribution in [0.3, 0.4) is 0 Å². The Kier molecular flexibility index (Phi) is 6.01. The lowest BCUT2D eigenvalue weighted by molar-refractivity contribution is -0.146. The van der Waals surface area contributed by atoms with Crippen LogP contribution in [0.5, 0.6) is 5.75 Å². The van der Waals surface area contributed by atoms with Gasteiger partial charge in [-0.05, 0) is 30.9 Å². The molecule has 6 nitrogen and oxygen atoms in total. The molecule has 6 heteroatoms. The van der Waals surface area contributed by atoms with Crippen LogP contribution in [0.2, 0.25) is 0 Å². The smallest absolute Gasteiger partial charge is 0.312 e. The van der Waals surface area contributed by atoms with Crippen molar-refractivity contribution in [3.8, 4) is 5.75 Å². The molecule has 26 heavy (non-hydrogen) atoms. The number of carbonyl (C=O) groups excluding carboxylic acids is 2. The average molecular weight is 359 g/mol. The molecule has 1 saturated heterocycles. The zero-order chi connectivity index (χ0) is 18.5. The third-order valence-electron chi connectivity index (χ3n) is 5.61. The fourth-order valence-corrected chi connectivity index (χ4v) is 3.95. The molecule has 2 fully saturated rings. The standard InChI is InChI=1S/C20H29N3O3/c1-15-7-3-4-8-16(15)21-19(24)20(25)23-13-11-22(12-14-23)17-9-5-6-10-18(17)26-2/h5-6,9-10,15-16H,3-4,7-8,11-14H2,1-2H3,(H,21,24). The van der Waals surface area contributed by atoms with Crippen molar-refractivity contribution >= 4 is 17.5 Å². The molecule has 2 aliphatic rings. The van der Waals surface area contributed by atoms with E-state index < -0.39 is 11.8 Å². The van der Waals surface area contributed by atoms with E-state index in [0.29, 0.717) is 32.1 Å². The van der Waals surface area contributed by atoms with Gasteiger partial charge in [0.05, 0.1) is 12.8 Å². The van der Waals surface area contributed by atoms with Gasteiger partial charge < -0.3 is 19.9 Å². The number of anilines is 1. The molecule has 2 unspecified atom stereocenters. The first kappa shape index (κ1) is 18.5. The van der Waals surface area contributed by atoms with Crippen molar-refractivity contribution in [2.45, 2.75) is 38.6 Å². The highest BCUT2D eigenvalue weighted by atomic mass is 16.5. The summed E-state index contributed by atoms with van der Waals surface area (Å²) in [4.78, 5) is 28.7. The maximum absolute atomic E-state index is 12.5. The van der Waals surface area contributed by atoms with E-state index in [1.54, 1.807) is 12.0 Å². The van der Waals surface area contributed by atoms with Gasteiger partial charge in [0.25, 0.3) is 0 Å². The third-order valence-corrected chi connectivity index (χ3v) is 5.61. The summed E-state index contributed by atoms with van der Waals surface area (Å²) in [5.74, 6) is 0.427. The second kappa shape index (κ2) is 8.43. The predicted molar refractivity (Wildman–Crippen MR) is 101 cm³/mol. The molecule has 3 rings (SSSR count). The Bertz CT molecular complexity index is 641. The summed E-state index contributed by atoms with van der Waals surface area (Å²) in [7, 11) is 1.66. The van der Waals surface area contributed by atoms with E-state index in [1.807, 2.05) is 24.3 Å². The Morgan fingerprint density at radius 2 is 1.77 bits per heavy atom. The van der Waals surface area contributed by atoms with E-state index in [1.165, 1.54) is 6.42 Å². The van der Waals surface area contributed by atoms with E-state index in [9.17, 15) is 9.59 Å². The van der Waals surface area contributed by atoms with E-state index in [4.69, 9.17) is 4.74 Å². The molecule has 2 atom stereocenters. The molecule has 0 bridgehead atoms. The van der Waals surface area contributed by atoms with E-state index in [-0.39, 0.29) is 6.04 Å². The zero-order valence-corrected chi connectivity index (χ0v) is 15.7. The molecule has 1 aromatic rings. The first-order chi connectivity index (χ1) is 12.6. The number of hydrogen-bond acceptors (Lipinski definition) is 4. The molecule has 0 radical (unpaired) electrons. The summed E-state index contributed by atoms with van der Waals surface area (Å²) in [6, 6.07) is 8.02. The van der Waals surface area contributed by atoms with Crippen molar-refractivity contribution in [3.63, 3.8) is 0 Å². The predicted octanol–water partition coefficient (Wildman–Crippen LogP) is 2.04. The summed E-state index contributed by atoms with van der Waals surface area (Å²) >= 11 is 0. The number of rotatable bonds is 3. The topological polar surface area (TPSA) is 61.9 Å². The fraction of sp³-hybridized carbons (Fsp3) is 0.600. The molecule has 1 saturated carbocycles. The second-order valence-electron chi connectivity index (χ2n) is 7.29. The molecule has 1 N–H and O–H groups in total. The SMILES string of the molecule is COc1ccccc1N1CCN(C(=O)C(=O)NC2CCCCC2C)CC1. The molecular weight excluding hydrogens is 330 g/mol. The Balaban J connectivity index is 1.54. The van der Waals surface area contributed by atoms with Gasteiger partial charge in [0.1, 0.15) is 5.75 Å². The molecule has 0 spiro atoms. The monoisotopic (exact) mass is 359 g/mol. The number of ether oxygens (including phenoxy) is 1. The summed E-state index contributed by atoms with van der Waals surface area (Å²) in [5, 5.41) is 2.96. The zero-order valence-electron chi connectivity index (χ0n) is 15.7. The van der Waals surface area contributed by atoms with Crippen LogP contribution in [-0.2, 0) is 9.59 Å². The van der Waals surface area contributed by atoms with Gasteiger partial charge in [0.15, 0.2) is 0 Å². The number of carbonyl (C=O) groups is 2. The molecule has 0 aromatic heterocycles. The molecule has 1 aliphatic heterocycles. The Morgan fingerprint density at radius 3 is 2.46 bits per heavy atom. The summed E-state index contributed by atoms with van der Waals surface area (Å²) < 4.78 is 5.42. The number of nitrogens with zero attached hydrogens (tertiary/aromatic N) is 2. The number of methoxy groups -OCH3 is 1. The lowest BCUT2D eigenvalue weighted by atomic mass is 9.86. The van der Waals surface area contributed by atoms with Crippen molar-refractivity contribution in [2.24, 2.45) is 5.92 Å². The van der Waals surface area contributed by atoms with Crippen molar-refractivity contribution in [3.05, 3.63) is 24.3 Å². The van der Waals surface area contributed by atoms with Gasteiger partial charge in [-0.15, -0.1) is 0 Å². The quantitative estimate of drug-likeness (QED) is 0.839. The largest absolute Gasteiger partial charge is 0.495 e. The normalized spacial score (nSPS) is 23.5. The molecule has 1 aromatic carbocycles. The van der Waals surface area contributed by atoms with Crippen LogP contribution in [0, 0.1) is 5.92 Å². The Labute approximate surface area is 155 Å². The number of para-hydroxylation sites is 2. The summed E-state index contributed by atoms with van der Waals surface area (Å²) in [6.07, 6.45) is 4.44. The number of hydrogen-bond donors (Lipinski definition) is 1. The van der Waals surface area contributed by atoms with Gasteiger partial charge in [0, 0.05) is 32.2 Å². The molecule has 1 aliphatic carbocycles. The third kappa shape index (κ3) is 4.11. The van der Waals surface area contributed by atoms with Crippen molar-refractivity contribution in [1.82, 2.24) is 10.2 Å². The highest BCUT2D eigenvalue weighted by Crippen LogP contribution is 2.28. The van der Waals surface area contributed by atoms with Crippen LogP contribution in [0.15, 0.2) is 24.3 Å².